The summed E-state index contributed by atoms with van der Waals surface area (Å²) in [4.78, 5) is 14.7. The molecule has 1 aliphatic heterocycles. The van der Waals surface area contributed by atoms with Gasteiger partial charge in [0.2, 0.25) is 10.0 Å². The van der Waals surface area contributed by atoms with Crippen LogP contribution in [0.1, 0.15) is 35.7 Å². The van der Waals surface area contributed by atoms with E-state index in [2.05, 4.69) is 4.72 Å². The Morgan fingerprint density at radius 2 is 1.79 bits per heavy atom. The SMILES string of the molecule is CC(C)NS(=O)(=O)c1cccc(C(=O)N2C[C@@H](N)[C@H](c3ccccc3)C2)c1.Cl. The molecular formula is C20H26ClN3O3S. The van der Waals surface area contributed by atoms with E-state index in [0.717, 1.165) is 5.56 Å². The Balaban J connectivity index is 0.00000280. The van der Waals surface area contributed by atoms with Crippen molar-refractivity contribution in [3.63, 3.8) is 0 Å². The molecule has 1 saturated heterocycles. The quantitative estimate of drug-likeness (QED) is 0.772. The number of halogens is 1. The van der Waals surface area contributed by atoms with E-state index in [4.69, 9.17) is 5.73 Å². The minimum Gasteiger partial charge on any atom is -0.336 e. The van der Waals surface area contributed by atoms with E-state index in [9.17, 15) is 13.2 Å². The number of rotatable bonds is 5. The van der Waals surface area contributed by atoms with Gasteiger partial charge >= 0.3 is 0 Å². The molecule has 28 heavy (non-hydrogen) atoms. The topological polar surface area (TPSA) is 92.5 Å². The second-order valence-electron chi connectivity index (χ2n) is 7.19. The molecule has 0 bridgehead atoms. The molecule has 8 heteroatoms. The molecule has 0 spiro atoms. The van der Waals surface area contributed by atoms with Crippen LogP contribution in [0.2, 0.25) is 0 Å². The summed E-state index contributed by atoms with van der Waals surface area (Å²) in [6.07, 6.45) is 0. The lowest BCUT2D eigenvalue weighted by atomic mass is 9.95. The molecule has 0 aliphatic carbocycles. The molecule has 1 aliphatic rings. The summed E-state index contributed by atoms with van der Waals surface area (Å²) < 4.78 is 27.3. The molecule has 1 heterocycles. The van der Waals surface area contributed by atoms with Gasteiger partial charge in [-0.3, -0.25) is 4.79 Å². The van der Waals surface area contributed by atoms with Crippen LogP contribution in [-0.4, -0.2) is 44.4 Å². The summed E-state index contributed by atoms with van der Waals surface area (Å²) in [5.41, 5.74) is 7.73. The van der Waals surface area contributed by atoms with Crippen LogP contribution >= 0.6 is 12.4 Å². The van der Waals surface area contributed by atoms with Gasteiger partial charge < -0.3 is 10.6 Å². The van der Waals surface area contributed by atoms with Crippen LogP contribution < -0.4 is 10.5 Å². The predicted octanol–water partition coefficient (Wildman–Crippen LogP) is 2.36. The zero-order chi connectivity index (χ0) is 19.6. The van der Waals surface area contributed by atoms with Crippen molar-refractivity contribution in [3.8, 4) is 0 Å². The first-order valence-corrected chi connectivity index (χ1v) is 10.5. The summed E-state index contributed by atoms with van der Waals surface area (Å²) in [7, 11) is -3.65. The third-order valence-corrected chi connectivity index (χ3v) is 6.32. The smallest absolute Gasteiger partial charge is 0.253 e. The highest BCUT2D eigenvalue weighted by Gasteiger charge is 2.34. The lowest BCUT2D eigenvalue weighted by Crippen LogP contribution is -2.33. The number of hydrogen-bond donors (Lipinski definition) is 2. The van der Waals surface area contributed by atoms with Crippen molar-refractivity contribution < 1.29 is 13.2 Å². The summed E-state index contributed by atoms with van der Waals surface area (Å²) in [5.74, 6) is -0.129. The molecule has 0 radical (unpaired) electrons. The van der Waals surface area contributed by atoms with Gasteiger partial charge in [-0.05, 0) is 37.6 Å². The number of hydrogen-bond acceptors (Lipinski definition) is 4. The molecule has 1 amide bonds. The van der Waals surface area contributed by atoms with E-state index in [-0.39, 0.29) is 41.2 Å². The number of benzene rings is 2. The number of likely N-dealkylation sites (tertiary alicyclic amines) is 1. The highest BCUT2D eigenvalue weighted by Crippen LogP contribution is 2.27. The maximum absolute atomic E-state index is 12.9. The van der Waals surface area contributed by atoms with Crippen molar-refractivity contribution in [2.75, 3.05) is 13.1 Å². The van der Waals surface area contributed by atoms with Crippen LogP contribution in [0, 0.1) is 0 Å². The number of amides is 1. The first kappa shape index (κ1) is 22.4. The Hall–Kier alpha value is -1.93. The Morgan fingerprint density at radius 1 is 1.11 bits per heavy atom. The molecule has 152 valence electrons. The van der Waals surface area contributed by atoms with Gasteiger partial charge in [0.25, 0.3) is 5.91 Å². The fourth-order valence-electron chi connectivity index (χ4n) is 3.40. The van der Waals surface area contributed by atoms with Gasteiger partial charge in [-0.1, -0.05) is 36.4 Å². The first-order valence-electron chi connectivity index (χ1n) is 9.00. The highest BCUT2D eigenvalue weighted by molar-refractivity contribution is 7.89. The van der Waals surface area contributed by atoms with Gasteiger partial charge in [-0.2, -0.15) is 0 Å². The molecule has 0 unspecified atom stereocenters. The lowest BCUT2D eigenvalue weighted by Gasteiger charge is -2.17. The summed E-state index contributed by atoms with van der Waals surface area (Å²) in [5, 5.41) is 0. The van der Waals surface area contributed by atoms with E-state index < -0.39 is 10.0 Å². The minimum absolute atomic E-state index is 0. The van der Waals surface area contributed by atoms with Crippen LogP contribution in [0.25, 0.3) is 0 Å². The normalized spacial score (nSPS) is 19.5. The fourth-order valence-corrected chi connectivity index (χ4v) is 4.70. The van der Waals surface area contributed by atoms with Gasteiger partial charge in [-0.25, -0.2) is 13.1 Å². The minimum atomic E-state index is -3.65. The predicted molar refractivity (Wildman–Crippen MR) is 112 cm³/mol. The molecule has 2 aromatic carbocycles. The maximum Gasteiger partial charge on any atom is 0.253 e. The zero-order valence-corrected chi connectivity index (χ0v) is 17.5. The first-order chi connectivity index (χ1) is 12.8. The Morgan fingerprint density at radius 3 is 2.43 bits per heavy atom. The van der Waals surface area contributed by atoms with Crippen molar-refractivity contribution in [2.24, 2.45) is 5.73 Å². The molecule has 2 atom stereocenters. The molecular weight excluding hydrogens is 398 g/mol. The number of nitrogens with one attached hydrogen (secondary N) is 1. The van der Waals surface area contributed by atoms with Crippen molar-refractivity contribution in [1.82, 2.24) is 9.62 Å². The lowest BCUT2D eigenvalue weighted by molar-refractivity contribution is 0.0789. The van der Waals surface area contributed by atoms with Crippen LogP contribution in [0.15, 0.2) is 59.5 Å². The number of carbonyl (C=O) groups excluding carboxylic acids is 1. The van der Waals surface area contributed by atoms with E-state index in [0.29, 0.717) is 18.7 Å². The summed E-state index contributed by atoms with van der Waals surface area (Å²) in [6, 6.07) is 15.7. The monoisotopic (exact) mass is 423 g/mol. The third-order valence-electron chi connectivity index (χ3n) is 4.66. The average Bonchev–Trinajstić information content (AvgIpc) is 3.02. The molecule has 3 N–H and O–H groups in total. The van der Waals surface area contributed by atoms with Gasteiger partial charge in [0.15, 0.2) is 0 Å². The second-order valence-corrected chi connectivity index (χ2v) is 8.91. The van der Waals surface area contributed by atoms with Gasteiger partial charge in [0, 0.05) is 36.7 Å². The summed E-state index contributed by atoms with van der Waals surface area (Å²) >= 11 is 0. The fraction of sp³-hybridized carbons (Fsp3) is 0.350. The average molecular weight is 424 g/mol. The highest BCUT2D eigenvalue weighted by atomic mass is 35.5. The Kier molecular flexibility index (Phi) is 7.22. The number of nitrogens with zero attached hydrogens (tertiary/aromatic N) is 1. The van der Waals surface area contributed by atoms with E-state index in [1.165, 1.54) is 12.1 Å². The number of carbonyl (C=O) groups is 1. The standard InChI is InChI=1S/C20H25N3O3S.ClH/c1-14(2)22-27(25,26)17-10-6-9-16(11-17)20(24)23-12-18(19(21)13-23)15-7-4-3-5-8-15;/h3-11,14,18-19,22H,12-13,21H2,1-2H3;1H/t18-,19+;/m0./s1. The molecule has 1 fully saturated rings. The van der Waals surface area contributed by atoms with Gasteiger partial charge in [0.05, 0.1) is 4.90 Å². The molecule has 2 aromatic rings. The van der Waals surface area contributed by atoms with E-state index >= 15 is 0 Å². The zero-order valence-electron chi connectivity index (χ0n) is 15.9. The Bertz CT molecular complexity index is 919. The molecule has 6 nitrogen and oxygen atoms in total. The van der Waals surface area contributed by atoms with Crippen molar-refractivity contribution in [3.05, 3.63) is 65.7 Å². The van der Waals surface area contributed by atoms with Crippen molar-refractivity contribution >= 4 is 28.3 Å². The van der Waals surface area contributed by atoms with Crippen LogP contribution in [0.3, 0.4) is 0 Å². The van der Waals surface area contributed by atoms with Crippen molar-refractivity contribution in [1.29, 1.82) is 0 Å². The van der Waals surface area contributed by atoms with Crippen LogP contribution in [-0.2, 0) is 10.0 Å². The molecule has 3 rings (SSSR count). The van der Waals surface area contributed by atoms with Gasteiger partial charge in [-0.15, -0.1) is 12.4 Å². The number of nitrogens with two attached hydrogens (primary N) is 1. The number of sulfonamides is 1. The van der Waals surface area contributed by atoms with E-state index in [1.54, 1.807) is 30.9 Å². The molecule has 0 aromatic heterocycles. The van der Waals surface area contributed by atoms with E-state index in [1.807, 2.05) is 30.3 Å². The second kappa shape index (κ2) is 9.05. The van der Waals surface area contributed by atoms with Gasteiger partial charge in [0.1, 0.15) is 0 Å². The van der Waals surface area contributed by atoms with Crippen LogP contribution in [0.4, 0.5) is 0 Å². The largest absolute Gasteiger partial charge is 0.336 e. The maximum atomic E-state index is 12.9. The summed E-state index contributed by atoms with van der Waals surface area (Å²) in [6.45, 7) is 4.47. The third kappa shape index (κ3) is 4.91. The van der Waals surface area contributed by atoms with Crippen LogP contribution in [0.5, 0.6) is 0 Å². The Labute approximate surface area is 172 Å². The van der Waals surface area contributed by atoms with Crippen molar-refractivity contribution in [2.45, 2.75) is 36.7 Å². The molecule has 0 saturated carbocycles.